The van der Waals surface area contributed by atoms with Crippen LogP contribution in [0.2, 0.25) is 0 Å². The van der Waals surface area contributed by atoms with Crippen LogP contribution in [0, 0.1) is 17.6 Å². The maximum atomic E-state index is 14.5. The molecule has 0 N–H and O–H groups in total. The van der Waals surface area contributed by atoms with E-state index in [1.807, 2.05) is 20.8 Å². The van der Waals surface area contributed by atoms with Crippen LogP contribution in [0.1, 0.15) is 26.5 Å². The van der Waals surface area contributed by atoms with Gasteiger partial charge in [-0.1, -0.05) is 32.9 Å². The van der Waals surface area contributed by atoms with Crippen molar-refractivity contribution < 1.29 is 8.78 Å². The Morgan fingerprint density at radius 1 is 1.12 bits per heavy atom. The minimum Gasteiger partial charge on any atom is -0.301 e. The quantitative estimate of drug-likeness (QED) is 0.598. The molecule has 3 aromatic rings. The second-order valence-corrected chi connectivity index (χ2v) is 7.14. The van der Waals surface area contributed by atoms with Gasteiger partial charge in [0.25, 0.3) is 0 Å². The summed E-state index contributed by atoms with van der Waals surface area (Å²) in [5.41, 5.74) is 0.719. The highest BCUT2D eigenvalue weighted by atomic mass is 32.2. The highest BCUT2D eigenvalue weighted by Gasteiger charge is 2.20. The molecule has 26 heavy (non-hydrogen) atoms. The summed E-state index contributed by atoms with van der Waals surface area (Å²) in [6, 6.07) is 6.41. The molecular weight excluding hydrogens is 356 g/mol. The van der Waals surface area contributed by atoms with Gasteiger partial charge in [-0.25, -0.2) is 18.7 Å². The Kier molecular flexibility index (Phi) is 5.61. The van der Waals surface area contributed by atoms with E-state index in [4.69, 9.17) is 0 Å². The lowest BCUT2D eigenvalue weighted by atomic mass is 10.2. The first-order valence-electron chi connectivity index (χ1n) is 8.36. The maximum Gasteiger partial charge on any atom is 0.197 e. The smallest absolute Gasteiger partial charge is 0.197 e. The number of benzene rings is 1. The third-order valence-corrected chi connectivity index (χ3v) is 4.69. The molecule has 2 aromatic heterocycles. The zero-order valence-electron chi connectivity index (χ0n) is 14.8. The lowest BCUT2D eigenvalue weighted by Crippen LogP contribution is -2.09. The Labute approximate surface area is 154 Å². The topological polar surface area (TPSA) is 56.5 Å². The molecule has 1 aromatic carbocycles. The SMILES string of the molecule is CCc1ncnc(Sc2nnc(-c3ccccc3F)n2CC(C)C)c1F. The first kappa shape index (κ1) is 18.4. The molecule has 8 heteroatoms. The van der Waals surface area contributed by atoms with Crippen molar-refractivity contribution in [2.24, 2.45) is 5.92 Å². The van der Waals surface area contributed by atoms with Crippen molar-refractivity contribution in [1.29, 1.82) is 0 Å². The standard InChI is InChI=1S/C18H19F2N5S/c1-4-14-15(20)17(22-10-21-14)26-18-24-23-16(25(18)9-11(2)3)12-7-5-6-8-13(12)19/h5-8,10-11H,4,9H2,1-3H3. The predicted octanol–water partition coefficient (Wildman–Crippen LogP) is 4.38. The van der Waals surface area contributed by atoms with Gasteiger partial charge in [-0.3, -0.25) is 0 Å². The lowest BCUT2D eigenvalue weighted by Gasteiger charge is -2.13. The summed E-state index contributed by atoms with van der Waals surface area (Å²) in [5.74, 6) is -0.128. The van der Waals surface area contributed by atoms with E-state index in [0.717, 1.165) is 11.8 Å². The van der Waals surface area contributed by atoms with E-state index < -0.39 is 5.82 Å². The zero-order valence-corrected chi connectivity index (χ0v) is 15.6. The molecule has 0 aliphatic rings. The first-order valence-corrected chi connectivity index (χ1v) is 9.18. The van der Waals surface area contributed by atoms with Crippen molar-refractivity contribution in [3.63, 3.8) is 0 Å². The average molecular weight is 375 g/mol. The van der Waals surface area contributed by atoms with Crippen molar-refractivity contribution in [3.8, 4) is 11.4 Å². The fourth-order valence-corrected chi connectivity index (χ4v) is 3.36. The summed E-state index contributed by atoms with van der Waals surface area (Å²) in [6.07, 6.45) is 1.81. The predicted molar refractivity (Wildman–Crippen MR) is 95.7 cm³/mol. The molecule has 0 spiro atoms. The molecule has 0 bridgehead atoms. The highest BCUT2D eigenvalue weighted by Crippen LogP contribution is 2.31. The third-order valence-electron chi connectivity index (χ3n) is 3.73. The molecule has 3 rings (SSSR count). The van der Waals surface area contributed by atoms with Gasteiger partial charge in [-0.2, -0.15) is 0 Å². The van der Waals surface area contributed by atoms with E-state index in [0.29, 0.717) is 35.2 Å². The summed E-state index contributed by atoms with van der Waals surface area (Å²) >= 11 is 1.07. The summed E-state index contributed by atoms with van der Waals surface area (Å²) in [5, 5.41) is 8.97. The number of aromatic nitrogens is 5. The van der Waals surface area contributed by atoms with Gasteiger partial charge in [0, 0.05) is 6.54 Å². The highest BCUT2D eigenvalue weighted by molar-refractivity contribution is 7.99. The molecule has 5 nitrogen and oxygen atoms in total. The van der Waals surface area contributed by atoms with E-state index in [2.05, 4.69) is 20.2 Å². The maximum absolute atomic E-state index is 14.5. The van der Waals surface area contributed by atoms with Crippen LogP contribution in [-0.4, -0.2) is 24.7 Å². The van der Waals surface area contributed by atoms with Crippen LogP contribution in [-0.2, 0) is 13.0 Å². The Bertz CT molecular complexity index is 910. The van der Waals surface area contributed by atoms with Crippen molar-refractivity contribution in [2.45, 2.75) is 43.9 Å². The van der Waals surface area contributed by atoms with Gasteiger partial charge in [-0.15, -0.1) is 10.2 Å². The summed E-state index contributed by atoms with van der Waals surface area (Å²) in [4.78, 5) is 7.97. The summed E-state index contributed by atoms with van der Waals surface area (Å²) in [6.45, 7) is 6.49. The number of halogens is 2. The fraction of sp³-hybridized carbons (Fsp3) is 0.333. The largest absolute Gasteiger partial charge is 0.301 e. The fourth-order valence-electron chi connectivity index (χ4n) is 2.53. The number of hydrogen-bond acceptors (Lipinski definition) is 5. The van der Waals surface area contributed by atoms with Gasteiger partial charge < -0.3 is 4.57 Å². The number of aryl methyl sites for hydroxylation is 1. The van der Waals surface area contributed by atoms with Crippen molar-refractivity contribution in [1.82, 2.24) is 24.7 Å². The van der Waals surface area contributed by atoms with Gasteiger partial charge in [0.15, 0.2) is 16.8 Å². The van der Waals surface area contributed by atoms with E-state index in [9.17, 15) is 8.78 Å². The molecule has 136 valence electrons. The van der Waals surface area contributed by atoms with Crippen LogP contribution >= 0.6 is 11.8 Å². The van der Waals surface area contributed by atoms with Crippen molar-refractivity contribution in [3.05, 3.63) is 47.9 Å². The van der Waals surface area contributed by atoms with Gasteiger partial charge in [0.1, 0.15) is 17.2 Å². The lowest BCUT2D eigenvalue weighted by molar-refractivity contribution is 0.495. The first-order chi connectivity index (χ1) is 12.5. The van der Waals surface area contributed by atoms with Crippen LogP contribution in [0.25, 0.3) is 11.4 Å². The molecule has 0 aliphatic carbocycles. The molecule has 0 atom stereocenters. The molecule has 0 amide bonds. The summed E-state index contributed by atoms with van der Waals surface area (Å²) < 4.78 is 30.5. The molecule has 0 aliphatic heterocycles. The minimum absolute atomic E-state index is 0.189. The third kappa shape index (κ3) is 3.75. The van der Waals surface area contributed by atoms with Crippen LogP contribution in [0.3, 0.4) is 0 Å². The molecule has 2 heterocycles. The molecular formula is C18H19F2N5S. The van der Waals surface area contributed by atoms with Crippen LogP contribution in [0.5, 0.6) is 0 Å². The zero-order chi connectivity index (χ0) is 18.7. The van der Waals surface area contributed by atoms with E-state index in [1.54, 1.807) is 22.8 Å². The Morgan fingerprint density at radius 3 is 2.58 bits per heavy atom. The summed E-state index contributed by atoms with van der Waals surface area (Å²) in [7, 11) is 0. The normalized spacial score (nSPS) is 11.3. The Balaban J connectivity index is 2.04. The van der Waals surface area contributed by atoms with Gasteiger partial charge in [0.05, 0.1) is 11.3 Å². The van der Waals surface area contributed by atoms with Crippen LogP contribution in [0.15, 0.2) is 40.8 Å². The van der Waals surface area contributed by atoms with Crippen LogP contribution < -0.4 is 0 Å². The van der Waals surface area contributed by atoms with Crippen molar-refractivity contribution >= 4 is 11.8 Å². The second-order valence-electron chi connectivity index (χ2n) is 6.19. The number of nitrogens with zero attached hydrogens (tertiary/aromatic N) is 5. The molecule has 0 radical (unpaired) electrons. The number of hydrogen-bond donors (Lipinski definition) is 0. The van der Waals surface area contributed by atoms with E-state index in [1.165, 1.54) is 12.4 Å². The van der Waals surface area contributed by atoms with Crippen molar-refractivity contribution in [2.75, 3.05) is 0 Å². The van der Waals surface area contributed by atoms with E-state index in [-0.39, 0.29) is 16.8 Å². The Morgan fingerprint density at radius 2 is 1.88 bits per heavy atom. The second kappa shape index (κ2) is 7.90. The average Bonchev–Trinajstić information content (AvgIpc) is 2.99. The molecule has 0 fully saturated rings. The van der Waals surface area contributed by atoms with E-state index >= 15 is 0 Å². The Hall–Kier alpha value is -2.35. The minimum atomic E-state index is -0.452. The molecule has 0 saturated carbocycles. The van der Waals surface area contributed by atoms with Crippen LogP contribution in [0.4, 0.5) is 8.78 Å². The number of rotatable bonds is 6. The monoisotopic (exact) mass is 375 g/mol. The van der Waals surface area contributed by atoms with Gasteiger partial charge in [0.2, 0.25) is 0 Å². The molecule has 0 saturated heterocycles. The van der Waals surface area contributed by atoms with Gasteiger partial charge in [-0.05, 0) is 36.2 Å². The molecule has 0 unspecified atom stereocenters. The van der Waals surface area contributed by atoms with Gasteiger partial charge >= 0.3 is 0 Å².